The molecule has 0 amide bonds. The SMILES string of the molecule is Cc1ccccc1S(=O)(=O)CCCl. The predicted octanol–water partition coefficient (Wildman–Crippen LogP) is 2.01. The average molecular weight is 219 g/mol. The van der Waals surface area contributed by atoms with Gasteiger partial charge in [0.15, 0.2) is 9.84 Å². The molecule has 0 bridgehead atoms. The lowest BCUT2D eigenvalue weighted by Crippen LogP contribution is -2.09. The normalized spacial score (nSPS) is 11.5. The summed E-state index contributed by atoms with van der Waals surface area (Å²) in [7, 11) is -3.17. The van der Waals surface area contributed by atoms with Gasteiger partial charge in [-0.2, -0.15) is 0 Å². The molecule has 0 N–H and O–H groups in total. The first-order valence-corrected chi connectivity index (χ1v) is 6.11. The third-order valence-electron chi connectivity index (χ3n) is 1.77. The maximum atomic E-state index is 11.6. The van der Waals surface area contributed by atoms with E-state index >= 15 is 0 Å². The molecule has 0 radical (unpaired) electrons. The Morgan fingerprint density at radius 1 is 1.31 bits per heavy atom. The molecule has 0 heterocycles. The van der Waals surface area contributed by atoms with Gasteiger partial charge in [-0.3, -0.25) is 0 Å². The first-order chi connectivity index (χ1) is 6.08. The van der Waals surface area contributed by atoms with Crippen molar-refractivity contribution >= 4 is 21.4 Å². The summed E-state index contributed by atoms with van der Waals surface area (Å²) in [6.45, 7) is 1.78. The lowest BCUT2D eigenvalue weighted by molar-refractivity contribution is 0.597. The number of halogens is 1. The van der Waals surface area contributed by atoms with Crippen LogP contribution < -0.4 is 0 Å². The van der Waals surface area contributed by atoms with Crippen molar-refractivity contribution in [1.82, 2.24) is 0 Å². The molecule has 0 spiro atoms. The van der Waals surface area contributed by atoms with E-state index in [9.17, 15) is 8.42 Å². The van der Waals surface area contributed by atoms with E-state index in [0.717, 1.165) is 5.56 Å². The topological polar surface area (TPSA) is 34.1 Å². The molecule has 0 unspecified atom stereocenters. The van der Waals surface area contributed by atoms with Crippen LogP contribution in [0.3, 0.4) is 0 Å². The minimum Gasteiger partial charge on any atom is -0.224 e. The van der Waals surface area contributed by atoms with Crippen LogP contribution in [-0.2, 0) is 9.84 Å². The summed E-state index contributed by atoms with van der Waals surface area (Å²) in [6, 6.07) is 6.92. The Morgan fingerprint density at radius 2 is 1.92 bits per heavy atom. The van der Waals surface area contributed by atoms with E-state index in [4.69, 9.17) is 11.6 Å². The molecule has 0 saturated heterocycles. The number of alkyl halides is 1. The summed E-state index contributed by atoms with van der Waals surface area (Å²) in [4.78, 5) is 0.385. The number of sulfone groups is 1. The van der Waals surface area contributed by atoms with Gasteiger partial charge in [0, 0.05) is 5.88 Å². The van der Waals surface area contributed by atoms with E-state index < -0.39 is 9.84 Å². The second kappa shape index (κ2) is 4.11. The van der Waals surface area contributed by atoms with Gasteiger partial charge in [-0.1, -0.05) is 18.2 Å². The van der Waals surface area contributed by atoms with Gasteiger partial charge in [0.05, 0.1) is 10.6 Å². The average Bonchev–Trinajstić information content (AvgIpc) is 2.04. The maximum absolute atomic E-state index is 11.6. The van der Waals surface area contributed by atoms with Crippen molar-refractivity contribution in [3.8, 4) is 0 Å². The van der Waals surface area contributed by atoms with Crippen LogP contribution in [0.2, 0.25) is 0 Å². The van der Waals surface area contributed by atoms with Crippen molar-refractivity contribution in [2.45, 2.75) is 11.8 Å². The van der Waals surface area contributed by atoms with Crippen LogP contribution >= 0.6 is 11.6 Å². The Hall–Kier alpha value is -0.540. The van der Waals surface area contributed by atoms with E-state index in [1.807, 2.05) is 6.07 Å². The molecular weight excluding hydrogens is 208 g/mol. The lowest BCUT2D eigenvalue weighted by atomic mass is 10.2. The van der Waals surface area contributed by atoms with E-state index in [-0.39, 0.29) is 11.6 Å². The molecule has 1 aromatic rings. The molecule has 0 aliphatic rings. The van der Waals surface area contributed by atoms with Gasteiger partial charge in [-0.25, -0.2) is 8.42 Å². The smallest absolute Gasteiger partial charge is 0.179 e. The Labute approximate surface area is 83.5 Å². The van der Waals surface area contributed by atoms with Gasteiger partial charge < -0.3 is 0 Å². The van der Waals surface area contributed by atoms with Gasteiger partial charge >= 0.3 is 0 Å². The third kappa shape index (κ3) is 2.45. The van der Waals surface area contributed by atoms with Crippen molar-refractivity contribution in [3.63, 3.8) is 0 Å². The van der Waals surface area contributed by atoms with Crippen LogP contribution in [0.5, 0.6) is 0 Å². The van der Waals surface area contributed by atoms with Crippen LogP contribution in [0.25, 0.3) is 0 Å². The van der Waals surface area contributed by atoms with Crippen LogP contribution in [0, 0.1) is 6.92 Å². The summed E-state index contributed by atoms with van der Waals surface area (Å²) in [5.74, 6) is 0.135. The third-order valence-corrected chi connectivity index (χ3v) is 4.06. The highest BCUT2D eigenvalue weighted by Crippen LogP contribution is 2.15. The van der Waals surface area contributed by atoms with Crippen molar-refractivity contribution in [2.75, 3.05) is 11.6 Å². The second-order valence-electron chi connectivity index (χ2n) is 2.77. The number of hydrogen-bond donors (Lipinski definition) is 0. The van der Waals surface area contributed by atoms with Crippen LogP contribution in [0.4, 0.5) is 0 Å². The molecule has 4 heteroatoms. The van der Waals surface area contributed by atoms with Gasteiger partial charge in [0.2, 0.25) is 0 Å². The van der Waals surface area contributed by atoms with Crippen LogP contribution in [0.1, 0.15) is 5.56 Å². The summed E-state index contributed by atoms with van der Waals surface area (Å²) < 4.78 is 23.1. The minimum absolute atomic E-state index is 0.000586. The van der Waals surface area contributed by atoms with Gasteiger partial charge in [0.25, 0.3) is 0 Å². The first kappa shape index (κ1) is 10.5. The zero-order chi connectivity index (χ0) is 9.90. The Morgan fingerprint density at radius 3 is 2.46 bits per heavy atom. The van der Waals surface area contributed by atoms with Crippen molar-refractivity contribution < 1.29 is 8.42 Å². The zero-order valence-corrected chi connectivity index (χ0v) is 8.90. The fourth-order valence-corrected chi connectivity index (χ4v) is 2.99. The molecule has 0 aromatic heterocycles. The number of hydrogen-bond acceptors (Lipinski definition) is 2. The number of benzene rings is 1. The predicted molar refractivity (Wildman–Crippen MR) is 54.0 cm³/mol. The highest BCUT2D eigenvalue weighted by Gasteiger charge is 2.14. The summed E-state index contributed by atoms with van der Waals surface area (Å²) in [5, 5.41) is 0. The van der Waals surface area contributed by atoms with E-state index in [1.165, 1.54) is 0 Å². The first-order valence-electron chi connectivity index (χ1n) is 3.92. The van der Waals surface area contributed by atoms with Crippen molar-refractivity contribution in [3.05, 3.63) is 29.8 Å². The number of rotatable bonds is 3. The molecule has 0 fully saturated rings. The molecule has 0 atom stereocenters. The van der Waals surface area contributed by atoms with Gasteiger partial charge in [-0.15, -0.1) is 11.6 Å². The molecule has 72 valence electrons. The van der Waals surface area contributed by atoms with E-state index in [2.05, 4.69) is 0 Å². The molecule has 0 aliphatic heterocycles. The largest absolute Gasteiger partial charge is 0.224 e. The van der Waals surface area contributed by atoms with Crippen LogP contribution in [0.15, 0.2) is 29.2 Å². The highest BCUT2D eigenvalue weighted by molar-refractivity contribution is 7.91. The quantitative estimate of drug-likeness (QED) is 0.728. The van der Waals surface area contributed by atoms with Crippen LogP contribution in [-0.4, -0.2) is 20.1 Å². The molecule has 1 rings (SSSR count). The zero-order valence-electron chi connectivity index (χ0n) is 7.33. The van der Waals surface area contributed by atoms with Gasteiger partial charge in [-0.05, 0) is 18.6 Å². The standard InChI is InChI=1S/C9H11ClO2S/c1-8-4-2-3-5-9(8)13(11,12)7-6-10/h2-5H,6-7H2,1H3. The summed E-state index contributed by atoms with van der Waals surface area (Å²) in [5.41, 5.74) is 0.771. The monoisotopic (exact) mass is 218 g/mol. The van der Waals surface area contributed by atoms with Gasteiger partial charge in [0.1, 0.15) is 0 Å². The van der Waals surface area contributed by atoms with Crippen molar-refractivity contribution in [1.29, 1.82) is 0 Å². The molecule has 0 saturated carbocycles. The Balaban J connectivity index is 3.15. The summed E-state index contributed by atoms with van der Waals surface area (Å²) in [6.07, 6.45) is 0. The molecule has 2 nitrogen and oxygen atoms in total. The van der Waals surface area contributed by atoms with E-state index in [1.54, 1.807) is 25.1 Å². The molecular formula is C9H11ClO2S. The fraction of sp³-hybridized carbons (Fsp3) is 0.333. The lowest BCUT2D eigenvalue weighted by Gasteiger charge is -2.04. The second-order valence-corrected chi connectivity index (χ2v) is 5.23. The molecule has 13 heavy (non-hydrogen) atoms. The minimum atomic E-state index is -3.17. The fourth-order valence-electron chi connectivity index (χ4n) is 1.12. The molecule has 1 aromatic carbocycles. The number of aryl methyl sites for hydroxylation is 1. The Bertz CT molecular complexity index is 384. The maximum Gasteiger partial charge on any atom is 0.179 e. The van der Waals surface area contributed by atoms with Crippen molar-refractivity contribution in [2.24, 2.45) is 0 Å². The Kier molecular flexibility index (Phi) is 3.33. The van der Waals surface area contributed by atoms with E-state index in [0.29, 0.717) is 4.90 Å². The summed E-state index contributed by atoms with van der Waals surface area (Å²) >= 11 is 5.41. The molecule has 0 aliphatic carbocycles. The highest BCUT2D eigenvalue weighted by atomic mass is 35.5.